The van der Waals surface area contributed by atoms with Crippen molar-refractivity contribution in [3.63, 3.8) is 0 Å². The Hall–Kier alpha value is -3.89. The Morgan fingerprint density at radius 1 is 0.821 bits per heavy atom. The van der Waals surface area contributed by atoms with Gasteiger partial charge in [0.2, 0.25) is 0 Å². The molecule has 3 aromatic rings. The molecule has 0 aliphatic rings. The third-order valence-electron chi connectivity index (χ3n) is 4.11. The minimum atomic E-state index is -0.441. The van der Waals surface area contributed by atoms with Crippen molar-refractivity contribution in [3.05, 3.63) is 94.0 Å². The van der Waals surface area contributed by atoms with Gasteiger partial charge in [-0.25, -0.2) is 4.99 Å². The molecule has 0 spiro atoms. The fourth-order valence-electron chi connectivity index (χ4n) is 2.58. The molecule has 0 saturated heterocycles. The Labute approximate surface area is 162 Å². The number of non-ortho nitro benzene ring substituents is 1. The number of aliphatic imine (C=N–C) groups is 1. The molecule has 0 heterocycles. The summed E-state index contributed by atoms with van der Waals surface area (Å²) < 4.78 is 10.4. The van der Waals surface area contributed by atoms with E-state index in [1.54, 1.807) is 26.4 Å². The van der Waals surface area contributed by atoms with Gasteiger partial charge in [-0.1, -0.05) is 0 Å². The number of hydrogen-bond donors (Lipinski definition) is 0. The van der Waals surface area contributed by atoms with E-state index in [1.807, 2.05) is 48.5 Å². The lowest BCUT2D eigenvalue weighted by Crippen LogP contribution is -1.91. The van der Waals surface area contributed by atoms with Gasteiger partial charge in [0.05, 0.1) is 30.4 Å². The van der Waals surface area contributed by atoms with Crippen LogP contribution in [0.2, 0.25) is 0 Å². The zero-order valence-electron chi connectivity index (χ0n) is 15.5. The second-order valence-corrected chi connectivity index (χ2v) is 5.83. The van der Waals surface area contributed by atoms with Crippen LogP contribution < -0.4 is 9.47 Å². The van der Waals surface area contributed by atoms with E-state index in [-0.39, 0.29) is 5.69 Å². The molecule has 3 aromatic carbocycles. The average Bonchev–Trinajstić information content (AvgIpc) is 2.75. The topological polar surface area (TPSA) is 74.0 Å². The molecule has 140 valence electrons. The summed E-state index contributed by atoms with van der Waals surface area (Å²) in [6, 6.07) is 21.2. The molecule has 0 amide bonds. The van der Waals surface area contributed by atoms with Crippen molar-refractivity contribution in [3.8, 4) is 11.5 Å². The molecule has 0 aliphatic carbocycles. The lowest BCUT2D eigenvalue weighted by Gasteiger charge is -2.07. The first-order chi connectivity index (χ1) is 13.6. The Kier molecular flexibility index (Phi) is 5.84. The van der Waals surface area contributed by atoms with E-state index in [9.17, 15) is 10.1 Å². The molecule has 0 N–H and O–H groups in total. The first-order valence-corrected chi connectivity index (χ1v) is 8.47. The van der Waals surface area contributed by atoms with E-state index in [4.69, 9.17) is 9.47 Å². The molecule has 0 atom stereocenters. The standard InChI is InChI=1S/C22H18N2O4/c1-27-20-11-3-16(4-12-20)22(17-5-13-21(28-2)14-6-17)15-23-18-7-9-19(10-8-18)24(25)26/h3-14H,1-2H3. The average molecular weight is 374 g/mol. The zero-order valence-corrected chi connectivity index (χ0v) is 15.5. The van der Waals surface area contributed by atoms with Crippen LogP contribution in [0.5, 0.6) is 11.5 Å². The maximum atomic E-state index is 10.8. The van der Waals surface area contributed by atoms with Crippen LogP contribution in [0.1, 0.15) is 11.1 Å². The highest BCUT2D eigenvalue weighted by molar-refractivity contribution is 5.99. The molecule has 0 aliphatic heterocycles. The summed E-state index contributed by atoms with van der Waals surface area (Å²) in [5.74, 6) is 4.59. The molecule has 0 bridgehead atoms. The van der Waals surface area contributed by atoms with Crippen LogP contribution in [0.3, 0.4) is 0 Å². The van der Waals surface area contributed by atoms with Gasteiger partial charge in [-0.2, -0.15) is 0 Å². The third kappa shape index (κ3) is 4.44. The molecular formula is C22H18N2O4. The van der Waals surface area contributed by atoms with E-state index in [0.717, 1.165) is 28.2 Å². The molecule has 0 fully saturated rings. The van der Waals surface area contributed by atoms with Crippen molar-refractivity contribution in [2.24, 2.45) is 4.99 Å². The van der Waals surface area contributed by atoms with Crippen molar-refractivity contribution in [2.75, 3.05) is 14.2 Å². The molecule has 28 heavy (non-hydrogen) atoms. The van der Waals surface area contributed by atoms with Crippen molar-refractivity contribution < 1.29 is 14.4 Å². The Morgan fingerprint density at radius 2 is 1.29 bits per heavy atom. The molecule has 6 heteroatoms. The first-order valence-electron chi connectivity index (χ1n) is 8.47. The smallest absolute Gasteiger partial charge is 0.269 e. The van der Waals surface area contributed by atoms with Crippen molar-refractivity contribution in [2.45, 2.75) is 0 Å². The summed E-state index contributed by atoms with van der Waals surface area (Å²) in [7, 11) is 3.23. The lowest BCUT2D eigenvalue weighted by atomic mass is 9.99. The van der Waals surface area contributed by atoms with E-state index < -0.39 is 4.92 Å². The number of benzene rings is 3. The number of nitrogens with zero attached hydrogens (tertiary/aromatic N) is 2. The molecule has 6 nitrogen and oxygen atoms in total. The van der Waals surface area contributed by atoms with Crippen LogP contribution in [0.4, 0.5) is 11.4 Å². The summed E-state index contributed by atoms with van der Waals surface area (Å²) in [6.45, 7) is 0. The summed E-state index contributed by atoms with van der Waals surface area (Å²) in [5.41, 5.74) is 3.20. The highest BCUT2D eigenvalue weighted by Crippen LogP contribution is 2.26. The lowest BCUT2D eigenvalue weighted by molar-refractivity contribution is -0.384. The van der Waals surface area contributed by atoms with Gasteiger partial charge in [0.1, 0.15) is 11.5 Å². The largest absolute Gasteiger partial charge is 0.497 e. The predicted molar refractivity (Wildman–Crippen MR) is 109 cm³/mol. The van der Waals surface area contributed by atoms with Gasteiger partial charge in [0, 0.05) is 12.1 Å². The van der Waals surface area contributed by atoms with Gasteiger partial charge >= 0.3 is 0 Å². The Morgan fingerprint density at radius 3 is 1.68 bits per heavy atom. The summed E-state index contributed by atoms with van der Waals surface area (Å²) in [5, 5.41) is 10.8. The van der Waals surface area contributed by atoms with Gasteiger partial charge in [-0.3, -0.25) is 10.1 Å². The number of methoxy groups -OCH3 is 2. The van der Waals surface area contributed by atoms with Crippen LogP contribution in [0, 0.1) is 10.1 Å². The molecule has 0 aromatic heterocycles. The van der Waals surface area contributed by atoms with E-state index in [0.29, 0.717) is 5.69 Å². The number of hydrogen-bond acceptors (Lipinski definition) is 5. The van der Waals surface area contributed by atoms with Gasteiger partial charge in [0.15, 0.2) is 0 Å². The van der Waals surface area contributed by atoms with E-state index in [2.05, 4.69) is 10.9 Å². The predicted octanol–water partition coefficient (Wildman–Crippen LogP) is 5.05. The van der Waals surface area contributed by atoms with Gasteiger partial charge in [-0.15, -0.1) is 0 Å². The van der Waals surface area contributed by atoms with Crippen LogP contribution in [0.25, 0.3) is 5.57 Å². The number of rotatable bonds is 6. The maximum absolute atomic E-state index is 10.8. The number of nitro benzene ring substituents is 1. The maximum Gasteiger partial charge on any atom is 0.269 e. The number of nitro groups is 1. The minimum Gasteiger partial charge on any atom is -0.497 e. The van der Waals surface area contributed by atoms with E-state index in [1.165, 1.54) is 12.1 Å². The van der Waals surface area contributed by atoms with Crippen LogP contribution in [-0.2, 0) is 0 Å². The summed E-state index contributed by atoms with van der Waals surface area (Å²) in [4.78, 5) is 14.7. The number of ether oxygens (including phenoxy) is 2. The van der Waals surface area contributed by atoms with Crippen molar-refractivity contribution in [1.82, 2.24) is 0 Å². The normalized spacial score (nSPS) is 9.93. The quantitative estimate of drug-likeness (QED) is 0.344. The Bertz CT molecular complexity index is 968. The minimum absolute atomic E-state index is 0.0217. The molecule has 3 rings (SSSR count). The van der Waals surface area contributed by atoms with Crippen LogP contribution in [-0.4, -0.2) is 25.0 Å². The highest BCUT2D eigenvalue weighted by atomic mass is 16.6. The molecular weight excluding hydrogens is 356 g/mol. The summed E-state index contributed by atoms with van der Waals surface area (Å²) in [6.07, 6.45) is 0. The second-order valence-electron chi connectivity index (χ2n) is 5.83. The fraction of sp³-hybridized carbons (Fsp3) is 0.0909. The van der Waals surface area contributed by atoms with Crippen LogP contribution >= 0.6 is 0 Å². The zero-order chi connectivity index (χ0) is 19.9. The highest BCUT2D eigenvalue weighted by Gasteiger charge is 2.07. The molecule has 0 saturated carbocycles. The Balaban J connectivity index is 2.05. The molecule has 0 radical (unpaired) electrons. The SMILES string of the molecule is COc1ccc(C(=C=Nc2ccc([N+](=O)[O-])cc2)c2ccc(OC)cc2)cc1. The first kappa shape index (κ1) is 18.9. The van der Waals surface area contributed by atoms with Crippen LogP contribution in [0.15, 0.2) is 77.8 Å². The fourth-order valence-corrected chi connectivity index (χ4v) is 2.58. The van der Waals surface area contributed by atoms with E-state index >= 15 is 0 Å². The van der Waals surface area contributed by atoms with Gasteiger partial charge in [0.25, 0.3) is 5.69 Å². The molecule has 0 unspecified atom stereocenters. The van der Waals surface area contributed by atoms with Gasteiger partial charge < -0.3 is 9.47 Å². The third-order valence-corrected chi connectivity index (χ3v) is 4.11. The van der Waals surface area contributed by atoms with Crippen molar-refractivity contribution in [1.29, 1.82) is 0 Å². The monoisotopic (exact) mass is 374 g/mol. The summed E-state index contributed by atoms with van der Waals surface area (Å²) >= 11 is 0. The van der Waals surface area contributed by atoms with Crippen molar-refractivity contribution >= 4 is 22.8 Å². The second kappa shape index (κ2) is 8.66. The van der Waals surface area contributed by atoms with Gasteiger partial charge in [-0.05, 0) is 77.7 Å².